The SMILES string of the molecule is Cc1noc(C)c1CN(C)C(=O)c1cncc(O)c1. The highest BCUT2D eigenvalue weighted by Gasteiger charge is 2.17. The second-order valence-electron chi connectivity index (χ2n) is 4.40. The van der Waals surface area contributed by atoms with Crippen LogP contribution < -0.4 is 0 Å². The van der Waals surface area contributed by atoms with Crippen molar-refractivity contribution >= 4 is 5.91 Å². The molecule has 2 aromatic heterocycles. The van der Waals surface area contributed by atoms with Gasteiger partial charge in [0.1, 0.15) is 11.5 Å². The molecule has 2 aromatic rings. The van der Waals surface area contributed by atoms with Gasteiger partial charge in [0, 0.05) is 18.8 Å². The summed E-state index contributed by atoms with van der Waals surface area (Å²) in [4.78, 5) is 17.5. The summed E-state index contributed by atoms with van der Waals surface area (Å²) in [5, 5.41) is 13.2. The molecule has 1 N–H and O–H groups in total. The van der Waals surface area contributed by atoms with Crippen molar-refractivity contribution in [3.63, 3.8) is 0 Å². The van der Waals surface area contributed by atoms with Gasteiger partial charge in [0.05, 0.1) is 24.0 Å². The first kappa shape index (κ1) is 13.1. The average molecular weight is 261 g/mol. The summed E-state index contributed by atoms with van der Waals surface area (Å²) >= 11 is 0. The smallest absolute Gasteiger partial charge is 0.255 e. The van der Waals surface area contributed by atoms with Gasteiger partial charge in [-0.25, -0.2) is 0 Å². The first-order valence-electron chi connectivity index (χ1n) is 5.80. The molecule has 0 aliphatic carbocycles. The van der Waals surface area contributed by atoms with E-state index in [9.17, 15) is 9.90 Å². The number of carbonyl (C=O) groups is 1. The quantitative estimate of drug-likeness (QED) is 0.909. The van der Waals surface area contributed by atoms with E-state index >= 15 is 0 Å². The molecule has 0 aromatic carbocycles. The van der Waals surface area contributed by atoms with E-state index in [0.29, 0.717) is 17.9 Å². The van der Waals surface area contributed by atoms with Gasteiger partial charge in [-0.15, -0.1) is 0 Å². The first-order chi connectivity index (χ1) is 8.99. The highest BCUT2D eigenvalue weighted by atomic mass is 16.5. The third-order valence-corrected chi connectivity index (χ3v) is 2.89. The number of rotatable bonds is 3. The molecule has 0 aliphatic heterocycles. The maximum atomic E-state index is 12.2. The standard InChI is InChI=1S/C13H15N3O3/c1-8-12(9(2)19-15-8)7-16(3)13(18)10-4-11(17)6-14-5-10/h4-6,17H,7H2,1-3H3. The first-order valence-corrected chi connectivity index (χ1v) is 5.80. The van der Waals surface area contributed by atoms with Gasteiger partial charge < -0.3 is 14.5 Å². The second kappa shape index (κ2) is 5.09. The van der Waals surface area contributed by atoms with Crippen LogP contribution in [0.2, 0.25) is 0 Å². The fourth-order valence-corrected chi connectivity index (χ4v) is 1.80. The molecule has 0 fully saturated rings. The van der Waals surface area contributed by atoms with Crippen molar-refractivity contribution in [2.75, 3.05) is 7.05 Å². The summed E-state index contributed by atoms with van der Waals surface area (Å²) in [5.41, 5.74) is 2.00. The van der Waals surface area contributed by atoms with Crippen molar-refractivity contribution in [2.45, 2.75) is 20.4 Å². The average Bonchev–Trinajstić information content (AvgIpc) is 2.69. The molecule has 0 bridgehead atoms. The number of aromatic nitrogens is 2. The summed E-state index contributed by atoms with van der Waals surface area (Å²) in [6, 6.07) is 1.39. The molecule has 6 nitrogen and oxygen atoms in total. The Labute approximate surface area is 110 Å². The van der Waals surface area contributed by atoms with Crippen LogP contribution in [0.1, 0.15) is 27.4 Å². The van der Waals surface area contributed by atoms with Crippen LogP contribution in [0, 0.1) is 13.8 Å². The molecule has 6 heteroatoms. The van der Waals surface area contributed by atoms with Crippen LogP contribution in [0.5, 0.6) is 5.75 Å². The highest BCUT2D eigenvalue weighted by molar-refractivity contribution is 5.94. The third kappa shape index (κ3) is 2.73. The Morgan fingerprint density at radius 1 is 1.42 bits per heavy atom. The zero-order chi connectivity index (χ0) is 14.0. The Morgan fingerprint density at radius 2 is 2.16 bits per heavy atom. The van der Waals surface area contributed by atoms with Gasteiger partial charge in [-0.05, 0) is 19.9 Å². The highest BCUT2D eigenvalue weighted by Crippen LogP contribution is 2.16. The lowest BCUT2D eigenvalue weighted by Crippen LogP contribution is -2.26. The molecule has 1 amide bonds. The predicted molar refractivity (Wildman–Crippen MR) is 67.7 cm³/mol. The normalized spacial score (nSPS) is 10.5. The number of aryl methyl sites for hydroxylation is 2. The Kier molecular flexibility index (Phi) is 3.50. The molecule has 0 saturated heterocycles. The van der Waals surface area contributed by atoms with Gasteiger partial charge in [0.15, 0.2) is 0 Å². The van der Waals surface area contributed by atoms with Crippen LogP contribution in [0.3, 0.4) is 0 Å². The predicted octanol–water partition coefficient (Wildman–Crippen LogP) is 1.66. The van der Waals surface area contributed by atoms with Crippen molar-refractivity contribution in [3.8, 4) is 5.75 Å². The maximum absolute atomic E-state index is 12.2. The second-order valence-corrected chi connectivity index (χ2v) is 4.40. The van der Waals surface area contributed by atoms with Crippen molar-refractivity contribution in [3.05, 3.63) is 41.0 Å². The Hall–Kier alpha value is -2.37. The maximum Gasteiger partial charge on any atom is 0.255 e. The summed E-state index contributed by atoms with van der Waals surface area (Å²) in [5.74, 6) is 0.450. The van der Waals surface area contributed by atoms with Crippen LogP contribution in [-0.2, 0) is 6.54 Å². The van der Waals surface area contributed by atoms with Crippen LogP contribution in [-0.4, -0.2) is 33.1 Å². The molecule has 0 aliphatic rings. The lowest BCUT2D eigenvalue weighted by Gasteiger charge is -2.16. The summed E-state index contributed by atoms with van der Waals surface area (Å²) < 4.78 is 5.06. The minimum atomic E-state index is -0.219. The molecule has 2 rings (SSSR count). The number of pyridine rings is 1. The summed E-state index contributed by atoms with van der Waals surface area (Å²) in [7, 11) is 1.68. The van der Waals surface area contributed by atoms with E-state index in [-0.39, 0.29) is 11.7 Å². The van der Waals surface area contributed by atoms with Crippen LogP contribution in [0.15, 0.2) is 23.0 Å². The monoisotopic (exact) mass is 261 g/mol. The van der Waals surface area contributed by atoms with E-state index in [4.69, 9.17) is 4.52 Å². The zero-order valence-corrected chi connectivity index (χ0v) is 11.0. The lowest BCUT2D eigenvalue weighted by atomic mass is 10.2. The topological polar surface area (TPSA) is 79.5 Å². The molecule has 0 saturated carbocycles. The molecule has 0 spiro atoms. The van der Waals surface area contributed by atoms with Crippen molar-refractivity contribution in [1.82, 2.24) is 15.0 Å². The van der Waals surface area contributed by atoms with E-state index in [1.165, 1.54) is 23.4 Å². The van der Waals surface area contributed by atoms with E-state index in [1.54, 1.807) is 7.05 Å². The van der Waals surface area contributed by atoms with Crippen molar-refractivity contribution in [2.24, 2.45) is 0 Å². The molecule has 19 heavy (non-hydrogen) atoms. The van der Waals surface area contributed by atoms with E-state index in [1.807, 2.05) is 13.8 Å². The molecule has 0 unspecified atom stereocenters. The zero-order valence-electron chi connectivity index (χ0n) is 11.0. The molecule has 100 valence electrons. The van der Waals surface area contributed by atoms with Crippen LogP contribution in [0.25, 0.3) is 0 Å². The number of aromatic hydroxyl groups is 1. The van der Waals surface area contributed by atoms with Crippen LogP contribution >= 0.6 is 0 Å². The number of carbonyl (C=O) groups excluding carboxylic acids is 1. The fourth-order valence-electron chi connectivity index (χ4n) is 1.80. The van der Waals surface area contributed by atoms with Gasteiger partial charge in [0.25, 0.3) is 5.91 Å². The number of amides is 1. The van der Waals surface area contributed by atoms with E-state index in [0.717, 1.165) is 11.3 Å². The minimum absolute atomic E-state index is 0.0309. The minimum Gasteiger partial charge on any atom is -0.506 e. The summed E-state index contributed by atoms with van der Waals surface area (Å²) in [6.07, 6.45) is 2.71. The van der Waals surface area contributed by atoms with Gasteiger partial charge in [0.2, 0.25) is 0 Å². The van der Waals surface area contributed by atoms with Crippen LogP contribution in [0.4, 0.5) is 0 Å². The van der Waals surface area contributed by atoms with E-state index in [2.05, 4.69) is 10.1 Å². The van der Waals surface area contributed by atoms with Crippen molar-refractivity contribution < 1.29 is 14.4 Å². The molecular weight excluding hydrogens is 246 g/mol. The summed E-state index contributed by atoms with van der Waals surface area (Å²) in [6.45, 7) is 4.04. The molecule has 0 atom stereocenters. The number of hydrogen-bond acceptors (Lipinski definition) is 5. The third-order valence-electron chi connectivity index (χ3n) is 2.89. The van der Waals surface area contributed by atoms with Gasteiger partial charge >= 0.3 is 0 Å². The number of hydrogen-bond donors (Lipinski definition) is 1. The number of nitrogens with zero attached hydrogens (tertiary/aromatic N) is 3. The van der Waals surface area contributed by atoms with Gasteiger partial charge in [-0.2, -0.15) is 0 Å². The van der Waals surface area contributed by atoms with E-state index < -0.39 is 0 Å². The van der Waals surface area contributed by atoms with Gasteiger partial charge in [-0.3, -0.25) is 9.78 Å². The lowest BCUT2D eigenvalue weighted by molar-refractivity contribution is 0.0783. The Bertz CT molecular complexity index is 587. The molecular formula is C13H15N3O3. The Morgan fingerprint density at radius 3 is 2.74 bits per heavy atom. The fraction of sp³-hybridized carbons (Fsp3) is 0.308. The largest absolute Gasteiger partial charge is 0.506 e. The Balaban J connectivity index is 2.16. The van der Waals surface area contributed by atoms with Crippen molar-refractivity contribution in [1.29, 1.82) is 0 Å². The molecule has 0 radical (unpaired) electrons. The molecule has 2 heterocycles. The van der Waals surface area contributed by atoms with Gasteiger partial charge in [-0.1, -0.05) is 5.16 Å².